The van der Waals surface area contributed by atoms with E-state index < -0.39 is 0 Å². The van der Waals surface area contributed by atoms with Gasteiger partial charge in [-0.2, -0.15) is 0 Å². The maximum absolute atomic E-state index is 10.2. The van der Waals surface area contributed by atoms with Crippen molar-refractivity contribution in [2.45, 2.75) is 19.4 Å². The van der Waals surface area contributed by atoms with Crippen LogP contribution in [0.25, 0.3) is 6.08 Å². The molecule has 3 nitrogen and oxygen atoms in total. The Labute approximate surface area is 94.7 Å². The van der Waals surface area contributed by atoms with Crippen LogP contribution < -0.4 is 4.74 Å². The summed E-state index contributed by atoms with van der Waals surface area (Å²) in [6.45, 7) is 0.912. The minimum atomic E-state index is 0.325. The van der Waals surface area contributed by atoms with E-state index in [1.165, 1.54) is 0 Å². The van der Waals surface area contributed by atoms with E-state index >= 15 is 0 Å². The Hall–Kier alpha value is -1.61. The van der Waals surface area contributed by atoms with Crippen LogP contribution in [0.2, 0.25) is 0 Å². The molecule has 1 heterocycles. The fraction of sp³-hybridized carbons (Fsp3) is 0.308. The molecule has 0 aliphatic carbocycles. The summed E-state index contributed by atoms with van der Waals surface area (Å²) in [6.07, 6.45) is 6.28. The number of aldehydes is 1. The summed E-state index contributed by atoms with van der Waals surface area (Å²) in [4.78, 5) is 10.2. The zero-order valence-electron chi connectivity index (χ0n) is 9.02. The van der Waals surface area contributed by atoms with E-state index in [1.54, 1.807) is 0 Å². The van der Waals surface area contributed by atoms with Crippen LogP contribution in [0.5, 0.6) is 5.75 Å². The molecule has 0 saturated heterocycles. The van der Waals surface area contributed by atoms with Gasteiger partial charge in [0.25, 0.3) is 0 Å². The summed E-state index contributed by atoms with van der Waals surface area (Å²) in [7, 11) is 0. The van der Waals surface area contributed by atoms with Crippen molar-refractivity contribution in [1.82, 2.24) is 0 Å². The van der Waals surface area contributed by atoms with Crippen molar-refractivity contribution in [3.05, 3.63) is 35.4 Å². The first-order valence-electron chi connectivity index (χ1n) is 5.34. The second-order valence-corrected chi connectivity index (χ2v) is 3.58. The molecule has 1 aromatic carbocycles. The highest BCUT2D eigenvalue weighted by atomic mass is 16.7. The number of benzene rings is 1. The van der Waals surface area contributed by atoms with Gasteiger partial charge < -0.3 is 14.3 Å². The number of carbonyl (C=O) groups is 1. The highest BCUT2D eigenvalue weighted by molar-refractivity contribution is 5.58. The highest BCUT2D eigenvalue weighted by Gasteiger charge is 2.12. The van der Waals surface area contributed by atoms with Gasteiger partial charge in [-0.1, -0.05) is 24.3 Å². The van der Waals surface area contributed by atoms with Crippen LogP contribution in [0.15, 0.2) is 24.3 Å². The lowest BCUT2D eigenvalue weighted by Crippen LogP contribution is -2.12. The average Bonchev–Trinajstić information content (AvgIpc) is 2.35. The molecule has 1 aliphatic heterocycles. The molecule has 0 saturated carbocycles. The second kappa shape index (κ2) is 5.47. The van der Waals surface area contributed by atoms with Gasteiger partial charge in [0.05, 0.1) is 6.61 Å². The van der Waals surface area contributed by atoms with Crippen LogP contribution in [-0.2, 0) is 16.1 Å². The largest absolute Gasteiger partial charge is 0.467 e. The number of hydrogen-bond acceptors (Lipinski definition) is 3. The third-order valence-electron chi connectivity index (χ3n) is 2.46. The first-order valence-corrected chi connectivity index (χ1v) is 5.34. The summed E-state index contributed by atoms with van der Waals surface area (Å²) >= 11 is 0. The molecule has 0 bridgehead atoms. The minimum Gasteiger partial charge on any atom is -0.467 e. The maximum atomic E-state index is 10.2. The Morgan fingerprint density at radius 2 is 2.25 bits per heavy atom. The second-order valence-electron chi connectivity index (χ2n) is 3.58. The first-order chi connectivity index (χ1) is 7.92. The Morgan fingerprint density at radius 3 is 3.12 bits per heavy atom. The average molecular weight is 218 g/mol. The predicted molar refractivity (Wildman–Crippen MR) is 61.1 cm³/mol. The van der Waals surface area contributed by atoms with Crippen molar-refractivity contribution in [3.63, 3.8) is 0 Å². The van der Waals surface area contributed by atoms with Gasteiger partial charge in [0.2, 0.25) is 0 Å². The topological polar surface area (TPSA) is 35.5 Å². The van der Waals surface area contributed by atoms with Crippen LogP contribution in [0.3, 0.4) is 0 Å². The molecule has 16 heavy (non-hydrogen) atoms. The Kier molecular flexibility index (Phi) is 3.72. The van der Waals surface area contributed by atoms with E-state index in [9.17, 15) is 4.79 Å². The van der Waals surface area contributed by atoms with Gasteiger partial charge in [0, 0.05) is 12.0 Å². The monoisotopic (exact) mass is 218 g/mol. The van der Waals surface area contributed by atoms with Gasteiger partial charge in [0.15, 0.2) is 6.79 Å². The van der Waals surface area contributed by atoms with Crippen LogP contribution in [-0.4, -0.2) is 13.1 Å². The lowest BCUT2D eigenvalue weighted by atomic mass is 10.1. The molecule has 0 fully saturated rings. The molecule has 0 radical (unpaired) electrons. The maximum Gasteiger partial charge on any atom is 0.189 e. The molecule has 0 N–H and O–H groups in total. The molecule has 0 spiro atoms. The molecule has 3 heteroatoms. The van der Waals surface area contributed by atoms with Crippen molar-refractivity contribution in [2.24, 2.45) is 0 Å². The zero-order valence-corrected chi connectivity index (χ0v) is 9.02. The van der Waals surface area contributed by atoms with Crippen LogP contribution in [0, 0.1) is 0 Å². The van der Waals surface area contributed by atoms with Crippen LogP contribution >= 0.6 is 0 Å². The number of carbonyl (C=O) groups excluding carboxylic acids is 1. The normalized spacial score (nSPS) is 14.5. The van der Waals surface area contributed by atoms with Gasteiger partial charge in [-0.15, -0.1) is 0 Å². The van der Waals surface area contributed by atoms with E-state index in [4.69, 9.17) is 9.47 Å². The molecule has 0 amide bonds. The number of unbranched alkanes of at least 4 members (excludes halogenated alkanes) is 1. The first kappa shape index (κ1) is 10.9. The van der Waals surface area contributed by atoms with E-state index in [0.29, 0.717) is 19.8 Å². The van der Waals surface area contributed by atoms with Crippen molar-refractivity contribution in [3.8, 4) is 5.75 Å². The van der Waals surface area contributed by atoms with Gasteiger partial charge in [-0.3, -0.25) is 0 Å². The molecule has 84 valence electrons. The van der Waals surface area contributed by atoms with Gasteiger partial charge in [0.1, 0.15) is 12.0 Å². The number of ether oxygens (including phenoxy) is 2. The van der Waals surface area contributed by atoms with Gasteiger partial charge in [-0.05, 0) is 18.1 Å². The summed E-state index contributed by atoms with van der Waals surface area (Å²) in [6, 6.07) is 5.93. The SMILES string of the molecule is O=CCC/C=C/c1cccc2c1COCO2. The summed E-state index contributed by atoms with van der Waals surface area (Å²) < 4.78 is 10.6. The molecule has 1 aromatic rings. The Bertz CT molecular complexity index is 396. The molecule has 2 rings (SSSR count). The minimum absolute atomic E-state index is 0.325. The number of fused-ring (bicyclic) bond motifs is 1. The molecule has 0 unspecified atom stereocenters. The third-order valence-corrected chi connectivity index (χ3v) is 2.46. The Morgan fingerprint density at radius 1 is 1.31 bits per heavy atom. The van der Waals surface area contributed by atoms with E-state index in [0.717, 1.165) is 29.6 Å². The van der Waals surface area contributed by atoms with E-state index in [2.05, 4.69) is 0 Å². The molecular weight excluding hydrogens is 204 g/mol. The van der Waals surface area contributed by atoms with Crippen molar-refractivity contribution in [1.29, 1.82) is 0 Å². The number of allylic oxidation sites excluding steroid dienone is 1. The summed E-state index contributed by atoms with van der Waals surface area (Å²) in [5.41, 5.74) is 2.18. The number of hydrogen-bond donors (Lipinski definition) is 0. The smallest absolute Gasteiger partial charge is 0.189 e. The van der Waals surface area contributed by atoms with Crippen LogP contribution in [0.4, 0.5) is 0 Å². The molecular formula is C13H14O3. The molecule has 0 aromatic heterocycles. The van der Waals surface area contributed by atoms with Gasteiger partial charge in [-0.25, -0.2) is 0 Å². The Balaban J connectivity index is 2.14. The highest BCUT2D eigenvalue weighted by Crippen LogP contribution is 2.27. The van der Waals surface area contributed by atoms with Crippen molar-refractivity contribution >= 4 is 12.4 Å². The van der Waals surface area contributed by atoms with Crippen molar-refractivity contribution in [2.75, 3.05) is 6.79 Å². The lowest BCUT2D eigenvalue weighted by Gasteiger charge is -2.19. The fourth-order valence-electron chi connectivity index (χ4n) is 1.65. The molecule has 0 atom stereocenters. The van der Waals surface area contributed by atoms with Gasteiger partial charge >= 0.3 is 0 Å². The van der Waals surface area contributed by atoms with Crippen LogP contribution in [0.1, 0.15) is 24.0 Å². The standard InChI is InChI=1S/C13H14O3/c14-8-3-1-2-5-11-6-4-7-13-12(11)9-15-10-16-13/h2,4-8H,1,3,9-10H2/b5-2+. The van der Waals surface area contributed by atoms with Crippen molar-refractivity contribution < 1.29 is 14.3 Å². The summed E-state index contributed by atoms with van der Waals surface area (Å²) in [5.74, 6) is 0.892. The lowest BCUT2D eigenvalue weighted by molar-refractivity contribution is -0.107. The quantitative estimate of drug-likeness (QED) is 0.575. The van der Waals surface area contributed by atoms with E-state index in [-0.39, 0.29) is 0 Å². The predicted octanol–water partition coefficient (Wildman–Crippen LogP) is 2.55. The fourth-order valence-corrected chi connectivity index (χ4v) is 1.65. The van der Waals surface area contributed by atoms with E-state index in [1.807, 2.05) is 30.4 Å². The number of rotatable bonds is 4. The zero-order chi connectivity index (χ0) is 11.2. The summed E-state index contributed by atoms with van der Waals surface area (Å²) in [5, 5.41) is 0. The molecule has 1 aliphatic rings. The third kappa shape index (κ3) is 2.49.